The molecule has 30 heavy (non-hydrogen) atoms. The van der Waals surface area contributed by atoms with Crippen LogP contribution in [0.4, 0.5) is 0 Å². The van der Waals surface area contributed by atoms with Gasteiger partial charge in [-0.05, 0) is 55.7 Å². The maximum Gasteiger partial charge on any atom is 0.323 e. The van der Waals surface area contributed by atoms with Crippen LogP contribution in [-0.4, -0.2) is 31.6 Å². The molecule has 0 saturated carbocycles. The largest absolute Gasteiger partial charge is 0.490 e. The average Bonchev–Trinajstić information content (AvgIpc) is 3.09. The minimum atomic E-state index is -3.80. The van der Waals surface area contributed by atoms with Gasteiger partial charge in [0.25, 0.3) is 0 Å². The fourth-order valence-electron chi connectivity index (χ4n) is 3.00. The van der Waals surface area contributed by atoms with Crippen LogP contribution in [-0.2, 0) is 10.0 Å². The fourth-order valence-corrected chi connectivity index (χ4v) is 4.26. The molecule has 1 unspecified atom stereocenters. The number of aromatic amines is 2. The standard InChI is InChI=1S/C21H27N3O5S/c1-4-10-28-19-9-6-15(12-20(19)29-11-5-2)14(3)24-30(26,27)16-7-8-17-18(13-16)23-21(25)22-17/h6-9,12-14,24H,4-5,10-11H2,1-3H3,(H2,22,23,25). The zero-order valence-electron chi connectivity index (χ0n) is 17.3. The smallest absolute Gasteiger partial charge is 0.323 e. The summed E-state index contributed by atoms with van der Waals surface area (Å²) >= 11 is 0. The van der Waals surface area contributed by atoms with Crippen LogP contribution in [0, 0.1) is 0 Å². The Balaban J connectivity index is 1.83. The lowest BCUT2D eigenvalue weighted by Gasteiger charge is -2.18. The molecule has 2 aromatic carbocycles. The highest BCUT2D eigenvalue weighted by Gasteiger charge is 2.20. The molecule has 0 aliphatic rings. The van der Waals surface area contributed by atoms with Crippen molar-refractivity contribution in [1.82, 2.24) is 14.7 Å². The molecule has 3 N–H and O–H groups in total. The van der Waals surface area contributed by atoms with E-state index in [2.05, 4.69) is 14.7 Å². The summed E-state index contributed by atoms with van der Waals surface area (Å²) in [6, 6.07) is 9.38. The van der Waals surface area contributed by atoms with Crippen molar-refractivity contribution in [2.75, 3.05) is 13.2 Å². The van der Waals surface area contributed by atoms with Crippen molar-refractivity contribution in [2.24, 2.45) is 0 Å². The van der Waals surface area contributed by atoms with Crippen molar-refractivity contribution in [3.63, 3.8) is 0 Å². The Hall–Kier alpha value is -2.78. The van der Waals surface area contributed by atoms with Crippen LogP contribution in [0.15, 0.2) is 46.1 Å². The van der Waals surface area contributed by atoms with E-state index in [1.54, 1.807) is 25.1 Å². The molecule has 162 valence electrons. The number of hydrogen-bond acceptors (Lipinski definition) is 5. The quantitative estimate of drug-likeness (QED) is 0.453. The maximum atomic E-state index is 12.9. The lowest BCUT2D eigenvalue weighted by Crippen LogP contribution is -2.27. The van der Waals surface area contributed by atoms with Gasteiger partial charge in [-0.2, -0.15) is 0 Å². The number of H-pyrrole nitrogens is 2. The predicted octanol–water partition coefficient (Wildman–Crippen LogP) is 3.47. The summed E-state index contributed by atoms with van der Waals surface area (Å²) in [7, 11) is -3.80. The number of rotatable bonds is 10. The van der Waals surface area contributed by atoms with Gasteiger partial charge in [0.1, 0.15) is 0 Å². The Morgan fingerprint density at radius 3 is 2.30 bits per heavy atom. The van der Waals surface area contributed by atoms with Gasteiger partial charge in [0.15, 0.2) is 11.5 Å². The van der Waals surface area contributed by atoms with Crippen LogP contribution >= 0.6 is 0 Å². The van der Waals surface area contributed by atoms with Crippen molar-refractivity contribution in [1.29, 1.82) is 0 Å². The van der Waals surface area contributed by atoms with Gasteiger partial charge in [0.2, 0.25) is 10.0 Å². The number of imidazole rings is 1. The minimum absolute atomic E-state index is 0.0717. The number of hydrogen-bond donors (Lipinski definition) is 3. The third-order valence-corrected chi connectivity index (χ3v) is 6.06. The van der Waals surface area contributed by atoms with Crippen LogP contribution in [0.2, 0.25) is 0 Å². The molecule has 0 aliphatic heterocycles. The fraction of sp³-hybridized carbons (Fsp3) is 0.381. The Morgan fingerprint density at radius 2 is 1.60 bits per heavy atom. The molecule has 0 aliphatic carbocycles. The molecule has 0 radical (unpaired) electrons. The second-order valence-corrected chi connectivity index (χ2v) is 8.75. The Kier molecular flexibility index (Phi) is 6.84. The van der Waals surface area contributed by atoms with Gasteiger partial charge in [-0.1, -0.05) is 19.9 Å². The van der Waals surface area contributed by atoms with E-state index in [1.165, 1.54) is 12.1 Å². The number of ether oxygens (including phenoxy) is 2. The van der Waals surface area contributed by atoms with Gasteiger partial charge >= 0.3 is 5.69 Å². The van der Waals surface area contributed by atoms with Gasteiger partial charge in [-0.3, -0.25) is 0 Å². The molecule has 0 bridgehead atoms. The summed E-state index contributed by atoms with van der Waals surface area (Å²) < 4.78 is 39.9. The van der Waals surface area contributed by atoms with E-state index in [9.17, 15) is 13.2 Å². The van der Waals surface area contributed by atoms with Crippen molar-refractivity contribution in [3.8, 4) is 11.5 Å². The highest BCUT2D eigenvalue weighted by atomic mass is 32.2. The van der Waals surface area contributed by atoms with Crippen molar-refractivity contribution in [2.45, 2.75) is 44.6 Å². The van der Waals surface area contributed by atoms with E-state index in [0.29, 0.717) is 35.7 Å². The molecule has 9 heteroatoms. The number of aromatic nitrogens is 2. The summed E-state index contributed by atoms with van der Waals surface area (Å²) in [4.78, 5) is 16.7. The first kappa shape index (κ1) is 21.9. The zero-order valence-corrected chi connectivity index (χ0v) is 18.1. The Morgan fingerprint density at radius 1 is 0.933 bits per heavy atom. The van der Waals surface area contributed by atoms with E-state index in [1.807, 2.05) is 19.9 Å². The lowest BCUT2D eigenvalue weighted by molar-refractivity contribution is 0.268. The van der Waals surface area contributed by atoms with Crippen molar-refractivity contribution < 1.29 is 17.9 Å². The second-order valence-electron chi connectivity index (χ2n) is 7.03. The molecule has 8 nitrogen and oxygen atoms in total. The van der Waals surface area contributed by atoms with E-state index < -0.39 is 16.1 Å². The molecule has 0 fully saturated rings. The molecule has 3 aromatic rings. The topological polar surface area (TPSA) is 113 Å². The molecular weight excluding hydrogens is 406 g/mol. The van der Waals surface area contributed by atoms with E-state index >= 15 is 0 Å². The second kappa shape index (κ2) is 9.36. The van der Waals surface area contributed by atoms with Crippen LogP contribution in [0.25, 0.3) is 11.0 Å². The van der Waals surface area contributed by atoms with Crippen molar-refractivity contribution in [3.05, 3.63) is 52.4 Å². The summed E-state index contributed by atoms with van der Waals surface area (Å²) in [5.74, 6) is 1.24. The molecule has 0 saturated heterocycles. The maximum absolute atomic E-state index is 12.9. The first-order valence-electron chi connectivity index (χ1n) is 9.98. The third kappa shape index (κ3) is 5.03. The highest BCUT2D eigenvalue weighted by Crippen LogP contribution is 2.31. The Bertz CT molecular complexity index is 1170. The van der Waals surface area contributed by atoms with Gasteiger partial charge in [-0.15, -0.1) is 0 Å². The first-order chi connectivity index (χ1) is 14.3. The van der Waals surface area contributed by atoms with Gasteiger partial charge < -0.3 is 19.4 Å². The molecule has 1 aromatic heterocycles. The number of nitrogens with one attached hydrogen (secondary N) is 3. The van der Waals surface area contributed by atoms with Crippen molar-refractivity contribution >= 4 is 21.1 Å². The zero-order chi connectivity index (χ0) is 21.7. The predicted molar refractivity (Wildman–Crippen MR) is 116 cm³/mol. The number of sulfonamides is 1. The van der Waals surface area contributed by atoms with Gasteiger partial charge in [-0.25, -0.2) is 17.9 Å². The molecule has 1 heterocycles. The van der Waals surface area contributed by atoms with Crippen LogP contribution in [0.1, 0.15) is 45.2 Å². The summed E-state index contributed by atoms with van der Waals surface area (Å²) in [6.45, 7) is 6.93. The molecule has 3 rings (SSSR count). The average molecular weight is 434 g/mol. The third-order valence-electron chi connectivity index (χ3n) is 4.52. The first-order valence-corrected chi connectivity index (χ1v) is 11.5. The molecule has 0 spiro atoms. The molecular formula is C21H27N3O5S. The van der Waals surface area contributed by atoms with Gasteiger partial charge in [0, 0.05) is 6.04 Å². The molecule has 1 atom stereocenters. The summed E-state index contributed by atoms with van der Waals surface area (Å²) in [5.41, 5.74) is 1.35. The Labute approximate surface area is 175 Å². The van der Waals surface area contributed by atoms with Crippen LogP contribution < -0.4 is 19.9 Å². The van der Waals surface area contributed by atoms with Crippen LogP contribution in [0.3, 0.4) is 0 Å². The van der Waals surface area contributed by atoms with E-state index in [4.69, 9.17) is 9.47 Å². The van der Waals surface area contributed by atoms with E-state index in [-0.39, 0.29) is 10.6 Å². The summed E-state index contributed by atoms with van der Waals surface area (Å²) in [6.07, 6.45) is 1.73. The van der Waals surface area contributed by atoms with Crippen LogP contribution in [0.5, 0.6) is 11.5 Å². The normalized spacial score (nSPS) is 12.8. The monoisotopic (exact) mass is 433 g/mol. The highest BCUT2D eigenvalue weighted by molar-refractivity contribution is 7.89. The van der Waals surface area contributed by atoms with E-state index in [0.717, 1.165) is 18.4 Å². The minimum Gasteiger partial charge on any atom is -0.490 e. The summed E-state index contributed by atoms with van der Waals surface area (Å²) in [5, 5.41) is 0. The lowest BCUT2D eigenvalue weighted by atomic mass is 10.1. The SMILES string of the molecule is CCCOc1ccc(C(C)NS(=O)(=O)c2ccc3[nH]c(=O)[nH]c3c2)cc1OCCC. The van der Waals surface area contributed by atoms with Gasteiger partial charge in [0.05, 0.1) is 29.1 Å². The number of benzene rings is 2. The molecule has 0 amide bonds. The number of fused-ring (bicyclic) bond motifs is 1.